The van der Waals surface area contributed by atoms with Crippen LogP contribution >= 0.6 is 11.3 Å². The zero-order chi connectivity index (χ0) is 18.7. The summed E-state index contributed by atoms with van der Waals surface area (Å²) in [6.45, 7) is 8.12. The highest BCUT2D eigenvalue weighted by Gasteiger charge is 2.42. The highest BCUT2D eigenvalue weighted by atomic mass is 32.1. The number of aromatic nitrogens is 1. The molecule has 26 heavy (non-hydrogen) atoms. The molecule has 6 heteroatoms. The van der Waals surface area contributed by atoms with Crippen LogP contribution in [0.5, 0.6) is 0 Å². The second-order valence-corrected chi connectivity index (χ2v) is 8.36. The first-order chi connectivity index (χ1) is 12.5. The van der Waals surface area contributed by atoms with Gasteiger partial charge in [0.1, 0.15) is 6.67 Å². The van der Waals surface area contributed by atoms with Gasteiger partial charge in [-0.15, -0.1) is 0 Å². The maximum atomic E-state index is 13.4. The first-order valence-corrected chi connectivity index (χ1v) is 10.8. The van der Waals surface area contributed by atoms with E-state index in [4.69, 9.17) is 0 Å². The van der Waals surface area contributed by atoms with Crippen molar-refractivity contribution in [3.63, 3.8) is 0 Å². The molecular formula is C20H31N3O2S. The van der Waals surface area contributed by atoms with E-state index >= 15 is 0 Å². The number of hydrogen-bond acceptors (Lipinski definition) is 5. The van der Waals surface area contributed by atoms with E-state index in [1.54, 1.807) is 0 Å². The van der Waals surface area contributed by atoms with Crippen molar-refractivity contribution in [2.24, 2.45) is 0 Å². The molecule has 1 N–H and O–H groups in total. The van der Waals surface area contributed by atoms with E-state index in [-0.39, 0.29) is 0 Å². The molecule has 5 nitrogen and oxygen atoms in total. The normalized spacial score (nSPS) is 24.0. The molecule has 0 amide bonds. The van der Waals surface area contributed by atoms with E-state index in [0.29, 0.717) is 18.3 Å². The number of hydrogen-bond donors (Lipinski definition) is 1. The summed E-state index contributed by atoms with van der Waals surface area (Å²) in [6, 6.07) is 4.29. The largest absolute Gasteiger partial charge is 0.623 e. The van der Waals surface area contributed by atoms with Gasteiger partial charge in [0.25, 0.3) is 5.13 Å². The number of aryl methyl sites for hydroxylation is 2. The van der Waals surface area contributed by atoms with Crippen LogP contribution in [0.4, 0.5) is 5.13 Å². The Bertz CT molecular complexity index is 707. The minimum atomic E-state index is -0.946. The molecule has 1 saturated heterocycles. The zero-order valence-electron chi connectivity index (χ0n) is 16.2. The van der Waals surface area contributed by atoms with Crippen LogP contribution in [0.2, 0.25) is 0 Å². The molecule has 0 bridgehead atoms. The molecule has 1 fully saturated rings. The van der Waals surface area contributed by atoms with E-state index in [1.807, 2.05) is 0 Å². The fraction of sp³-hybridized carbons (Fsp3) is 0.650. The van der Waals surface area contributed by atoms with Gasteiger partial charge in [-0.1, -0.05) is 51.4 Å². The van der Waals surface area contributed by atoms with E-state index < -0.39 is 10.9 Å². The maximum Gasteiger partial charge on any atom is 0.290 e. The third-order valence-electron chi connectivity index (χ3n) is 5.43. The number of thiazole rings is 1. The monoisotopic (exact) mass is 377 g/mol. The summed E-state index contributed by atoms with van der Waals surface area (Å²) >= 11 is 1.44. The fourth-order valence-electron chi connectivity index (χ4n) is 3.79. The number of unbranched alkanes of at least 4 members (excludes halogenated alkanes) is 3. The second-order valence-electron chi connectivity index (χ2n) is 7.35. The minimum Gasteiger partial charge on any atom is -0.623 e. The maximum absolute atomic E-state index is 13.4. The van der Waals surface area contributed by atoms with Crippen LogP contribution in [0.1, 0.15) is 57.6 Å². The van der Waals surface area contributed by atoms with Crippen molar-refractivity contribution in [2.45, 2.75) is 65.5 Å². The van der Waals surface area contributed by atoms with Crippen LogP contribution in [-0.4, -0.2) is 41.0 Å². The Morgan fingerprint density at radius 2 is 1.92 bits per heavy atom. The molecule has 1 aromatic heterocycles. The van der Waals surface area contributed by atoms with Crippen molar-refractivity contribution >= 4 is 26.7 Å². The number of aliphatic hydroxyl groups excluding tert-OH is 1. The molecule has 2 atom stereocenters. The van der Waals surface area contributed by atoms with E-state index in [9.17, 15) is 10.3 Å². The third-order valence-corrected chi connectivity index (χ3v) is 6.55. The molecule has 0 aliphatic carbocycles. The summed E-state index contributed by atoms with van der Waals surface area (Å²) < 4.78 is 0.326. The Balaban J connectivity index is 1.80. The number of rotatable bonds is 8. The Morgan fingerprint density at radius 3 is 2.62 bits per heavy atom. The summed E-state index contributed by atoms with van der Waals surface area (Å²) in [5.74, 6) is 0. The summed E-state index contributed by atoms with van der Waals surface area (Å²) in [5.41, 5.74) is 3.52. The molecule has 1 aliphatic heterocycles. The summed E-state index contributed by atoms with van der Waals surface area (Å²) in [7, 11) is 0. The Kier molecular flexibility index (Phi) is 6.30. The average Bonchev–Trinajstić information content (AvgIpc) is 3.19. The molecule has 0 saturated carbocycles. The molecule has 0 spiro atoms. The lowest BCUT2D eigenvalue weighted by molar-refractivity contribution is 0.0848. The summed E-state index contributed by atoms with van der Waals surface area (Å²) in [5, 5.41) is 24.4. The van der Waals surface area contributed by atoms with Crippen molar-refractivity contribution in [3.8, 4) is 0 Å². The van der Waals surface area contributed by atoms with Crippen molar-refractivity contribution in [1.82, 2.24) is 14.5 Å². The number of hydroxylamine groups is 2. The lowest BCUT2D eigenvalue weighted by atomic mass is 10.0. The number of nitrogens with zero attached hydrogens (tertiary/aromatic N) is 3. The van der Waals surface area contributed by atoms with Crippen LogP contribution in [0.25, 0.3) is 10.2 Å². The van der Waals surface area contributed by atoms with Gasteiger partial charge in [-0.25, -0.2) is 4.90 Å². The number of benzene rings is 1. The standard InChI is InChI=1S/C20H31N3O2S/c1-4-7-8-9-10-22-13-19(24)23(25,14-22)20-21-17-11-15(5-2)16(6-3)12-18(17)26-20/h11-12,19,24H,4-10,13-14H2,1-3H3. The van der Waals surface area contributed by atoms with Gasteiger partial charge < -0.3 is 10.3 Å². The van der Waals surface area contributed by atoms with Gasteiger partial charge in [0.2, 0.25) is 6.23 Å². The quantitative estimate of drug-likeness (QED) is 0.421. The highest BCUT2D eigenvalue weighted by Crippen LogP contribution is 2.38. The minimum absolute atomic E-state index is 0.300. The van der Waals surface area contributed by atoms with Crippen molar-refractivity contribution < 1.29 is 5.11 Å². The SMILES string of the molecule is CCCCCCN1CC(O)[N+]([O-])(c2nc3cc(CC)c(CC)cc3s2)C1. The molecule has 2 heterocycles. The molecule has 1 aliphatic rings. The first-order valence-electron chi connectivity index (χ1n) is 9.93. The molecule has 3 rings (SSSR count). The van der Waals surface area contributed by atoms with Gasteiger partial charge in [-0.2, -0.15) is 4.98 Å². The number of aliphatic hydroxyl groups is 1. The zero-order valence-corrected chi connectivity index (χ0v) is 17.0. The molecular weight excluding hydrogens is 346 g/mol. The van der Waals surface area contributed by atoms with Crippen molar-refractivity contribution in [2.75, 3.05) is 19.8 Å². The van der Waals surface area contributed by atoms with Crippen molar-refractivity contribution in [3.05, 3.63) is 28.5 Å². The Morgan fingerprint density at radius 1 is 1.19 bits per heavy atom. The van der Waals surface area contributed by atoms with Crippen LogP contribution in [0.15, 0.2) is 12.1 Å². The predicted molar refractivity (Wildman–Crippen MR) is 110 cm³/mol. The average molecular weight is 378 g/mol. The van der Waals surface area contributed by atoms with Crippen LogP contribution in [-0.2, 0) is 12.8 Å². The van der Waals surface area contributed by atoms with Gasteiger partial charge >= 0.3 is 0 Å². The van der Waals surface area contributed by atoms with Gasteiger partial charge in [-0.3, -0.25) is 4.65 Å². The molecule has 2 unspecified atom stereocenters. The third kappa shape index (κ3) is 3.80. The number of β-amino-alcohol motifs (C(OH)–C–C–N with tert-alkyl or cyclic N) is 1. The smallest absolute Gasteiger partial charge is 0.290 e. The van der Waals surface area contributed by atoms with Gasteiger partial charge in [-0.05, 0) is 42.5 Å². The lowest BCUT2D eigenvalue weighted by Crippen LogP contribution is -2.48. The molecule has 2 aromatic rings. The number of quaternary nitrogens is 1. The summed E-state index contributed by atoms with van der Waals surface area (Å²) in [4.78, 5) is 6.73. The highest BCUT2D eigenvalue weighted by molar-refractivity contribution is 7.22. The van der Waals surface area contributed by atoms with E-state index in [0.717, 1.165) is 36.0 Å². The van der Waals surface area contributed by atoms with E-state index in [2.05, 4.69) is 42.8 Å². The van der Waals surface area contributed by atoms with Crippen LogP contribution in [0, 0.1) is 5.21 Å². The Hall–Kier alpha value is -1.05. The van der Waals surface area contributed by atoms with Crippen LogP contribution < -0.4 is 4.65 Å². The summed E-state index contributed by atoms with van der Waals surface area (Å²) in [6.07, 6.45) is 5.71. The first kappa shape index (κ1) is 19.7. The topological polar surface area (TPSA) is 59.4 Å². The van der Waals surface area contributed by atoms with Gasteiger partial charge in [0.15, 0.2) is 0 Å². The van der Waals surface area contributed by atoms with Crippen molar-refractivity contribution in [1.29, 1.82) is 0 Å². The fourth-order valence-corrected chi connectivity index (χ4v) is 4.88. The van der Waals surface area contributed by atoms with Crippen LogP contribution in [0.3, 0.4) is 0 Å². The predicted octanol–water partition coefficient (Wildman–Crippen LogP) is 4.40. The molecule has 144 valence electrons. The molecule has 0 radical (unpaired) electrons. The molecule has 1 aromatic carbocycles. The number of fused-ring (bicyclic) bond motifs is 1. The Labute approximate surface area is 160 Å². The van der Waals surface area contributed by atoms with E-state index in [1.165, 1.54) is 41.7 Å². The second kappa shape index (κ2) is 8.31. The lowest BCUT2D eigenvalue weighted by Gasteiger charge is -2.37. The van der Waals surface area contributed by atoms with Gasteiger partial charge in [0.05, 0.1) is 16.8 Å². The van der Waals surface area contributed by atoms with Gasteiger partial charge in [0, 0.05) is 6.54 Å².